The molecule has 0 heterocycles. The molecule has 0 aromatic rings. The highest BCUT2D eigenvalue weighted by Crippen LogP contribution is 2.31. The molecule has 0 aromatic carbocycles. The Morgan fingerprint density at radius 3 is 0.788 bits per heavy atom. The predicted octanol–water partition coefficient (Wildman–Crippen LogP) is 2.00. The van der Waals surface area contributed by atoms with Gasteiger partial charge in [0.1, 0.15) is 63.7 Å². The maximum absolute atomic E-state index is 13.5. The van der Waals surface area contributed by atoms with Crippen molar-refractivity contribution in [3.05, 3.63) is 88.1 Å². The van der Waals surface area contributed by atoms with Crippen LogP contribution in [0.3, 0.4) is 0 Å². The zero-order chi connectivity index (χ0) is 39.2. The van der Waals surface area contributed by atoms with Gasteiger partial charge in [0.25, 0.3) is 0 Å². The van der Waals surface area contributed by atoms with Gasteiger partial charge in [-0.3, -0.25) is 9.59 Å². The van der Waals surface area contributed by atoms with E-state index in [1.165, 1.54) is 0 Å². The lowest BCUT2D eigenvalue weighted by Gasteiger charge is -2.33. The van der Waals surface area contributed by atoms with Gasteiger partial charge in [-0.1, -0.05) is 51.6 Å². The maximum Gasteiger partial charge on any atom is 0.330 e. The third-order valence-electron chi connectivity index (χ3n) is 7.20. The van der Waals surface area contributed by atoms with E-state index in [1.807, 2.05) is 0 Å². The molecule has 1 aliphatic carbocycles. The number of carbonyl (C=O) groups excluding carboxylic acids is 8. The number of carbonyl (C=O) groups is 8. The molecule has 16 nitrogen and oxygen atoms in total. The van der Waals surface area contributed by atoms with Gasteiger partial charge in [-0.05, 0) is 12.8 Å². The van der Waals surface area contributed by atoms with Crippen molar-refractivity contribution in [2.24, 2.45) is 22.7 Å². The second-order valence-electron chi connectivity index (χ2n) is 11.2. The van der Waals surface area contributed by atoms with Crippen molar-refractivity contribution < 1.29 is 76.3 Å². The lowest BCUT2D eigenvalue weighted by Crippen LogP contribution is -2.45. The lowest BCUT2D eigenvalue weighted by molar-refractivity contribution is -0.177. The molecule has 0 radical (unpaired) electrons. The van der Waals surface area contributed by atoms with Gasteiger partial charge in [0, 0.05) is 36.5 Å². The first kappa shape index (κ1) is 44.0. The van der Waals surface area contributed by atoms with E-state index in [0.29, 0.717) is 0 Å². The van der Waals surface area contributed by atoms with Gasteiger partial charge >= 0.3 is 47.8 Å². The molecule has 1 aliphatic rings. The maximum atomic E-state index is 13.5. The number of allylic oxidation sites excluding steroid dienone is 2. The van der Waals surface area contributed by atoms with Gasteiger partial charge < -0.3 is 37.9 Å². The van der Waals surface area contributed by atoms with E-state index in [4.69, 9.17) is 37.9 Å². The fourth-order valence-corrected chi connectivity index (χ4v) is 4.20. The van der Waals surface area contributed by atoms with Crippen LogP contribution in [0, 0.1) is 22.7 Å². The van der Waals surface area contributed by atoms with Crippen LogP contribution >= 0.6 is 0 Å². The topological polar surface area (TPSA) is 210 Å². The smallest absolute Gasteiger partial charge is 0.330 e. The van der Waals surface area contributed by atoms with Crippen LogP contribution in [0.1, 0.15) is 12.8 Å². The first-order chi connectivity index (χ1) is 24.7. The fraction of sp³-hybridized carbons (Fsp3) is 0.389. The van der Waals surface area contributed by atoms with Gasteiger partial charge in [0.2, 0.25) is 0 Å². The molecule has 52 heavy (non-hydrogen) atoms. The predicted molar refractivity (Wildman–Crippen MR) is 179 cm³/mol. The second-order valence-corrected chi connectivity index (χ2v) is 11.2. The molecule has 2 unspecified atom stereocenters. The molecule has 2 atom stereocenters. The Morgan fingerprint density at radius 1 is 0.404 bits per heavy atom. The van der Waals surface area contributed by atoms with E-state index < -0.39 is 123 Å². The zero-order valence-electron chi connectivity index (χ0n) is 28.6. The van der Waals surface area contributed by atoms with E-state index in [-0.39, 0.29) is 12.8 Å². The van der Waals surface area contributed by atoms with Gasteiger partial charge in [-0.25, -0.2) is 28.8 Å². The van der Waals surface area contributed by atoms with E-state index in [1.54, 1.807) is 12.2 Å². The molecule has 0 N–H and O–H groups in total. The fourth-order valence-electron chi connectivity index (χ4n) is 4.20. The third-order valence-corrected chi connectivity index (χ3v) is 7.20. The van der Waals surface area contributed by atoms with Crippen LogP contribution < -0.4 is 0 Å². The van der Waals surface area contributed by atoms with Crippen LogP contribution in [-0.4, -0.2) is 101 Å². The Morgan fingerprint density at radius 2 is 0.596 bits per heavy atom. The summed E-state index contributed by atoms with van der Waals surface area (Å²) >= 11 is 0. The van der Waals surface area contributed by atoms with Crippen molar-refractivity contribution in [3.8, 4) is 0 Å². The average molecular weight is 731 g/mol. The van der Waals surface area contributed by atoms with Crippen molar-refractivity contribution in [2.75, 3.05) is 52.9 Å². The summed E-state index contributed by atoms with van der Waals surface area (Å²) in [6.45, 7) is 15.2. The number of hydrogen-bond donors (Lipinski definition) is 0. The minimum Gasteiger partial charge on any atom is -0.464 e. The average Bonchev–Trinajstić information content (AvgIpc) is 3.18. The Balaban J connectivity index is 3.33. The zero-order valence-corrected chi connectivity index (χ0v) is 28.6. The Bertz CT molecular complexity index is 1210. The summed E-state index contributed by atoms with van der Waals surface area (Å²) in [5.41, 5.74) is -3.25. The summed E-state index contributed by atoms with van der Waals surface area (Å²) < 4.78 is 42.0. The molecule has 0 saturated carbocycles. The van der Waals surface area contributed by atoms with E-state index in [0.717, 1.165) is 36.5 Å². The normalized spacial score (nSPS) is 14.8. The SMILES string of the molecule is C=CC(=O)OCC(COC(=O)C=C)(COC(=O)C=C)COC(=O)C1CC=CCC1C(=O)OCC(COC(=O)C=C)(COC(=O)C=C)COC(=O)C=C. The molecular weight excluding hydrogens is 688 g/mol. The third kappa shape index (κ3) is 15.2. The summed E-state index contributed by atoms with van der Waals surface area (Å²) in [5, 5.41) is 0. The molecule has 282 valence electrons. The number of rotatable bonds is 24. The minimum absolute atomic E-state index is 0.0178. The lowest BCUT2D eigenvalue weighted by atomic mass is 9.82. The molecule has 0 spiro atoms. The molecule has 0 fully saturated rings. The second kappa shape index (κ2) is 22.6. The highest BCUT2D eigenvalue weighted by molar-refractivity contribution is 5.84. The summed E-state index contributed by atoms with van der Waals surface area (Å²) in [5.74, 6) is -9.38. The van der Waals surface area contributed by atoms with Crippen LogP contribution in [0.2, 0.25) is 0 Å². The standard InChI is InChI=1S/C36H42O16/c1-7-27(37)45-17-35(18-46-28(38)8-2,19-47-29(39)9-3)23-51-33(43)25-15-13-14-16-26(25)34(44)52-24-36(20-48-30(40)10-4,21-49-31(41)11-5)22-50-32(42)12-6/h7-14,25-26H,1-6,15-24H2. The Kier molecular flexibility index (Phi) is 19.1. The molecular formula is C36H42O16. The van der Waals surface area contributed by atoms with Crippen LogP contribution in [0.5, 0.6) is 0 Å². The van der Waals surface area contributed by atoms with Crippen LogP contribution in [0.25, 0.3) is 0 Å². The van der Waals surface area contributed by atoms with Gasteiger partial charge in [-0.2, -0.15) is 0 Å². The molecule has 1 rings (SSSR count). The molecule has 16 heteroatoms. The van der Waals surface area contributed by atoms with Crippen molar-refractivity contribution >= 4 is 47.8 Å². The number of esters is 8. The number of hydrogen-bond acceptors (Lipinski definition) is 16. The van der Waals surface area contributed by atoms with E-state index >= 15 is 0 Å². The minimum atomic E-state index is -1.62. The van der Waals surface area contributed by atoms with Crippen molar-refractivity contribution in [2.45, 2.75) is 12.8 Å². The first-order valence-electron chi connectivity index (χ1n) is 15.5. The van der Waals surface area contributed by atoms with Crippen LogP contribution in [0.15, 0.2) is 88.1 Å². The number of ether oxygens (including phenoxy) is 8. The quantitative estimate of drug-likeness (QED) is 0.0602. The Hall–Kier alpha value is -6.06. The van der Waals surface area contributed by atoms with E-state index in [2.05, 4.69) is 39.5 Å². The molecule has 0 saturated heterocycles. The van der Waals surface area contributed by atoms with Crippen molar-refractivity contribution in [1.29, 1.82) is 0 Å². The van der Waals surface area contributed by atoms with Crippen LogP contribution in [0.4, 0.5) is 0 Å². The molecule has 0 amide bonds. The summed E-state index contributed by atoms with van der Waals surface area (Å²) in [4.78, 5) is 98.5. The first-order valence-corrected chi connectivity index (χ1v) is 15.5. The van der Waals surface area contributed by atoms with Crippen LogP contribution in [-0.2, 0) is 76.3 Å². The summed E-state index contributed by atoms with van der Waals surface area (Å²) in [6, 6.07) is 0. The van der Waals surface area contributed by atoms with Crippen molar-refractivity contribution in [1.82, 2.24) is 0 Å². The molecule has 0 aliphatic heterocycles. The molecule has 0 bridgehead atoms. The van der Waals surface area contributed by atoms with Crippen molar-refractivity contribution in [3.63, 3.8) is 0 Å². The highest BCUT2D eigenvalue weighted by atomic mass is 16.6. The van der Waals surface area contributed by atoms with Gasteiger partial charge in [0.05, 0.1) is 11.8 Å². The van der Waals surface area contributed by atoms with Gasteiger partial charge in [0.15, 0.2) is 0 Å². The highest BCUT2D eigenvalue weighted by Gasteiger charge is 2.43. The summed E-state index contributed by atoms with van der Waals surface area (Å²) in [6.07, 6.45) is 8.46. The summed E-state index contributed by atoms with van der Waals surface area (Å²) in [7, 11) is 0. The molecule has 0 aromatic heterocycles. The largest absolute Gasteiger partial charge is 0.464 e. The van der Waals surface area contributed by atoms with Gasteiger partial charge in [-0.15, -0.1) is 0 Å². The Labute approximate surface area is 300 Å². The monoisotopic (exact) mass is 730 g/mol. The van der Waals surface area contributed by atoms with E-state index in [9.17, 15) is 38.4 Å².